The van der Waals surface area contributed by atoms with Gasteiger partial charge in [0.2, 0.25) is 12.7 Å². The number of aliphatic hydroxyl groups excluding tert-OH is 1. The van der Waals surface area contributed by atoms with Crippen LogP contribution in [0.15, 0.2) is 36.4 Å². The first-order valence-corrected chi connectivity index (χ1v) is 15.5. The number of carbonyl (C=O) groups is 1. The van der Waals surface area contributed by atoms with Gasteiger partial charge in [-0.1, -0.05) is 39.8 Å². The lowest BCUT2D eigenvalue weighted by Crippen LogP contribution is -2.43. The minimum absolute atomic E-state index is 0. The number of methoxy groups -OCH3 is 2. The van der Waals surface area contributed by atoms with Gasteiger partial charge in [-0.25, -0.2) is 0 Å². The zero-order valence-electron chi connectivity index (χ0n) is 27.2. The van der Waals surface area contributed by atoms with Gasteiger partial charge in [-0.3, -0.25) is 4.79 Å². The predicted molar refractivity (Wildman–Crippen MR) is 175 cm³/mol. The molecule has 0 bridgehead atoms. The number of fused-ring (bicyclic) bond motifs is 1. The third kappa shape index (κ3) is 11.3. The molecule has 1 aliphatic heterocycles. The maximum atomic E-state index is 13.2. The van der Waals surface area contributed by atoms with Gasteiger partial charge in [0.05, 0.1) is 19.8 Å². The molecule has 2 aromatic carbocycles. The summed E-state index contributed by atoms with van der Waals surface area (Å²) in [6.07, 6.45) is 2.44. The standard InChI is InChI=1S/C34H52N2O7.ClH/c1-22(2)26(16-25-9-10-30(40-6)32(18-25)41-15-7-14-39-5)19-28(35)29(37)20-27(23(3)4)34(38)36-13-12-24-8-11-31-33(17-24)43-21-42-31;/h8-11,17-18,22-23,26-29,37H,7,12-16,19-21,35H2,1-6H3,(H,36,38);1H/t26-,27-,28-,29-;/m0./s1. The number of ether oxygens (including phenoxy) is 5. The Morgan fingerprint density at radius 3 is 2.36 bits per heavy atom. The highest BCUT2D eigenvalue weighted by Gasteiger charge is 2.30. The summed E-state index contributed by atoms with van der Waals surface area (Å²) in [6.45, 7) is 10.3. The zero-order valence-corrected chi connectivity index (χ0v) is 28.0. The summed E-state index contributed by atoms with van der Waals surface area (Å²) in [7, 11) is 3.31. The smallest absolute Gasteiger partial charge is 0.231 e. The molecule has 1 aliphatic rings. The molecule has 10 heteroatoms. The molecule has 9 nitrogen and oxygen atoms in total. The average molecular weight is 637 g/mol. The molecule has 0 unspecified atom stereocenters. The van der Waals surface area contributed by atoms with Gasteiger partial charge < -0.3 is 39.8 Å². The van der Waals surface area contributed by atoms with Crippen molar-refractivity contribution in [1.29, 1.82) is 0 Å². The lowest BCUT2D eigenvalue weighted by Gasteiger charge is -2.30. The number of benzene rings is 2. The molecule has 0 radical (unpaired) electrons. The van der Waals surface area contributed by atoms with E-state index in [0.29, 0.717) is 56.4 Å². The minimum Gasteiger partial charge on any atom is -0.493 e. The number of rotatable bonds is 19. The molecule has 248 valence electrons. The molecule has 44 heavy (non-hydrogen) atoms. The Morgan fingerprint density at radius 2 is 1.68 bits per heavy atom. The van der Waals surface area contributed by atoms with E-state index in [1.165, 1.54) is 0 Å². The monoisotopic (exact) mass is 636 g/mol. The molecule has 4 N–H and O–H groups in total. The molecular weight excluding hydrogens is 584 g/mol. The normalized spacial score (nSPS) is 15.0. The van der Waals surface area contributed by atoms with Gasteiger partial charge in [0.25, 0.3) is 0 Å². The topological polar surface area (TPSA) is 122 Å². The Labute approximate surface area is 269 Å². The Balaban J connectivity index is 0.00000675. The van der Waals surface area contributed by atoms with E-state index < -0.39 is 12.1 Å². The minimum atomic E-state index is -0.788. The summed E-state index contributed by atoms with van der Waals surface area (Å²) in [6, 6.07) is 11.4. The molecule has 0 saturated heterocycles. The lowest BCUT2D eigenvalue weighted by atomic mass is 9.81. The quantitative estimate of drug-likeness (QED) is 0.181. The van der Waals surface area contributed by atoms with Crippen LogP contribution < -0.4 is 30.0 Å². The van der Waals surface area contributed by atoms with E-state index in [2.05, 4.69) is 25.2 Å². The van der Waals surface area contributed by atoms with Crippen LogP contribution in [0.2, 0.25) is 0 Å². The molecule has 1 heterocycles. The molecule has 0 aromatic heterocycles. The van der Waals surface area contributed by atoms with Crippen molar-refractivity contribution < 1.29 is 33.6 Å². The second-order valence-corrected chi connectivity index (χ2v) is 12.2. The summed E-state index contributed by atoms with van der Waals surface area (Å²) >= 11 is 0. The molecular formula is C34H53ClN2O7. The number of halogens is 1. The van der Waals surface area contributed by atoms with Crippen LogP contribution in [0.4, 0.5) is 0 Å². The van der Waals surface area contributed by atoms with Gasteiger partial charge in [-0.2, -0.15) is 0 Å². The van der Waals surface area contributed by atoms with Crippen LogP contribution in [0.1, 0.15) is 58.1 Å². The van der Waals surface area contributed by atoms with Crippen molar-refractivity contribution in [1.82, 2.24) is 5.32 Å². The van der Waals surface area contributed by atoms with E-state index in [0.717, 1.165) is 35.5 Å². The number of hydrogen-bond donors (Lipinski definition) is 3. The van der Waals surface area contributed by atoms with Crippen LogP contribution in [0.3, 0.4) is 0 Å². The average Bonchev–Trinajstić information content (AvgIpc) is 3.45. The Kier molecular flexibility index (Phi) is 16.1. The highest BCUT2D eigenvalue weighted by Crippen LogP contribution is 2.33. The van der Waals surface area contributed by atoms with Crippen molar-refractivity contribution in [3.05, 3.63) is 47.5 Å². The lowest BCUT2D eigenvalue weighted by molar-refractivity contribution is -0.127. The highest BCUT2D eigenvalue weighted by molar-refractivity contribution is 5.85. The summed E-state index contributed by atoms with van der Waals surface area (Å²) in [5, 5.41) is 14.2. The number of nitrogens with two attached hydrogens (primary N) is 1. The van der Waals surface area contributed by atoms with E-state index in [4.69, 9.17) is 29.4 Å². The number of nitrogens with one attached hydrogen (secondary N) is 1. The third-order valence-corrected chi connectivity index (χ3v) is 8.28. The number of carbonyl (C=O) groups excluding carboxylic acids is 1. The number of aliphatic hydroxyl groups is 1. The first-order chi connectivity index (χ1) is 20.6. The summed E-state index contributed by atoms with van der Waals surface area (Å²) in [4.78, 5) is 13.2. The van der Waals surface area contributed by atoms with Gasteiger partial charge in [0.1, 0.15) is 0 Å². The molecule has 0 spiro atoms. The fourth-order valence-corrected chi connectivity index (χ4v) is 5.42. The molecule has 1 amide bonds. The van der Waals surface area contributed by atoms with E-state index in [1.54, 1.807) is 14.2 Å². The van der Waals surface area contributed by atoms with Gasteiger partial charge in [0, 0.05) is 38.6 Å². The first-order valence-electron chi connectivity index (χ1n) is 15.5. The van der Waals surface area contributed by atoms with Crippen molar-refractivity contribution in [3.8, 4) is 23.0 Å². The van der Waals surface area contributed by atoms with Gasteiger partial charge in [0.15, 0.2) is 23.0 Å². The van der Waals surface area contributed by atoms with Crippen molar-refractivity contribution in [2.45, 2.75) is 71.9 Å². The zero-order chi connectivity index (χ0) is 31.4. The van der Waals surface area contributed by atoms with Crippen LogP contribution in [0.5, 0.6) is 23.0 Å². The van der Waals surface area contributed by atoms with Crippen molar-refractivity contribution in [2.24, 2.45) is 29.4 Å². The van der Waals surface area contributed by atoms with E-state index in [9.17, 15) is 9.90 Å². The number of amides is 1. The number of hydrogen-bond acceptors (Lipinski definition) is 8. The molecule has 4 atom stereocenters. The maximum absolute atomic E-state index is 13.2. The molecule has 2 aromatic rings. The SMILES string of the molecule is COCCCOc1cc(C[C@@H](C[C@H](N)[C@@H](O)C[C@H](C(=O)NCCc2ccc3c(c2)OCO3)C(C)C)C(C)C)ccc1OC.Cl. The molecule has 0 fully saturated rings. The Hall–Kier alpha value is -2.72. The van der Waals surface area contributed by atoms with Gasteiger partial charge in [-0.05, 0) is 78.8 Å². The summed E-state index contributed by atoms with van der Waals surface area (Å²) in [5.41, 5.74) is 8.78. The van der Waals surface area contributed by atoms with Gasteiger partial charge >= 0.3 is 0 Å². The molecule has 0 saturated carbocycles. The van der Waals surface area contributed by atoms with E-state index >= 15 is 0 Å². The third-order valence-electron chi connectivity index (χ3n) is 8.28. The van der Waals surface area contributed by atoms with Crippen LogP contribution in [-0.2, 0) is 22.4 Å². The predicted octanol–water partition coefficient (Wildman–Crippen LogP) is 5.18. The largest absolute Gasteiger partial charge is 0.493 e. The van der Waals surface area contributed by atoms with Crippen LogP contribution in [0, 0.1) is 23.7 Å². The summed E-state index contributed by atoms with van der Waals surface area (Å²) < 4.78 is 27.4. The Bertz CT molecular complexity index is 1150. The second kappa shape index (κ2) is 18.9. The first kappa shape index (κ1) is 37.5. The fraction of sp³-hybridized carbons (Fsp3) is 0.618. The molecule has 0 aliphatic carbocycles. The van der Waals surface area contributed by atoms with Crippen molar-refractivity contribution in [3.63, 3.8) is 0 Å². The highest BCUT2D eigenvalue weighted by atomic mass is 35.5. The second-order valence-electron chi connectivity index (χ2n) is 12.2. The van der Waals surface area contributed by atoms with Crippen LogP contribution in [-0.4, -0.2) is 63.9 Å². The van der Waals surface area contributed by atoms with Crippen LogP contribution in [0.25, 0.3) is 0 Å². The maximum Gasteiger partial charge on any atom is 0.231 e. The van der Waals surface area contributed by atoms with E-state index in [-0.39, 0.29) is 42.9 Å². The molecule has 3 rings (SSSR count). The van der Waals surface area contributed by atoms with Crippen LogP contribution >= 0.6 is 12.4 Å². The van der Waals surface area contributed by atoms with Crippen molar-refractivity contribution in [2.75, 3.05) is 40.8 Å². The van der Waals surface area contributed by atoms with Gasteiger partial charge in [-0.15, -0.1) is 12.4 Å². The van der Waals surface area contributed by atoms with E-state index in [1.807, 2.05) is 44.2 Å². The van der Waals surface area contributed by atoms with Crippen molar-refractivity contribution >= 4 is 18.3 Å². The summed E-state index contributed by atoms with van der Waals surface area (Å²) in [5.74, 6) is 3.16. The Morgan fingerprint density at radius 1 is 0.955 bits per heavy atom. The fourth-order valence-electron chi connectivity index (χ4n) is 5.42.